The number of nitrogens with zero attached hydrogens (tertiary/aromatic N) is 4. The summed E-state index contributed by atoms with van der Waals surface area (Å²) in [5.74, 6) is -1.28. The minimum atomic E-state index is -1.16. The number of hydrogen-bond acceptors (Lipinski definition) is 7. The van der Waals surface area contributed by atoms with Gasteiger partial charge in [-0.25, -0.2) is 0 Å². The first-order chi connectivity index (χ1) is 9.98. The Morgan fingerprint density at radius 2 is 1.95 bits per heavy atom. The molecule has 0 fully saturated rings. The lowest BCUT2D eigenvalue weighted by atomic mass is 10.2. The number of nitriles is 3. The summed E-state index contributed by atoms with van der Waals surface area (Å²) in [5.41, 5.74) is -1.87. The third-order valence-electron chi connectivity index (χ3n) is 2.31. The summed E-state index contributed by atoms with van der Waals surface area (Å²) < 4.78 is 18.4. The molecule has 8 nitrogen and oxygen atoms in total. The molecule has 1 aromatic rings. The lowest BCUT2D eigenvalue weighted by Gasteiger charge is -2.10. The van der Waals surface area contributed by atoms with Gasteiger partial charge in [0.25, 0.3) is 0 Å². The number of nitrogens with one attached hydrogen (secondary N) is 1. The molecule has 0 aromatic heterocycles. The van der Waals surface area contributed by atoms with Gasteiger partial charge in [-0.1, -0.05) is 0 Å². The highest BCUT2D eigenvalue weighted by atomic mass is 19.1. The second kappa shape index (κ2) is 6.50. The minimum Gasteiger partial charge on any atom is -0.494 e. The number of nitro groups is 1. The fourth-order valence-electron chi connectivity index (χ4n) is 1.37. The van der Waals surface area contributed by atoms with E-state index in [0.717, 1.165) is 12.1 Å². The summed E-state index contributed by atoms with van der Waals surface area (Å²) in [6.07, 6.45) is 0. The van der Waals surface area contributed by atoms with Crippen LogP contribution in [0.15, 0.2) is 23.4 Å². The Labute approximate surface area is 118 Å². The molecule has 0 aliphatic carbocycles. The third kappa shape index (κ3) is 3.22. The van der Waals surface area contributed by atoms with Crippen LogP contribution in [0.1, 0.15) is 0 Å². The number of ether oxygens (including phenoxy) is 1. The van der Waals surface area contributed by atoms with Crippen molar-refractivity contribution in [3.05, 3.63) is 39.3 Å². The van der Waals surface area contributed by atoms with Crippen molar-refractivity contribution >= 4 is 11.4 Å². The third-order valence-corrected chi connectivity index (χ3v) is 2.31. The van der Waals surface area contributed by atoms with Gasteiger partial charge >= 0.3 is 5.69 Å². The molecule has 0 amide bonds. The molecule has 0 unspecified atom stereocenters. The van der Waals surface area contributed by atoms with E-state index in [0.29, 0.717) is 0 Å². The Balaban J connectivity index is 3.40. The van der Waals surface area contributed by atoms with E-state index in [1.165, 1.54) is 19.2 Å². The highest BCUT2D eigenvalue weighted by Crippen LogP contribution is 2.32. The van der Waals surface area contributed by atoms with Crippen LogP contribution in [0.25, 0.3) is 0 Å². The van der Waals surface area contributed by atoms with E-state index in [4.69, 9.17) is 20.5 Å². The van der Waals surface area contributed by atoms with Gasteiger partial charge in [-0.3, -0.25) is 10.1 Å². The van der Waals surface area contributed by atoms with Crippen LogP contribution in [0, 0.1) is 49.9 Å². The van der Waals surface area contributed by atoms with Crippen LogP contribution in [0.3, 0.4) is 0 Å². The summed E-state index contributed by atoms with van der Waals surface area (Å²) in [4.78, 5) is 9.69. The summed E-state index contributed by atoms with van der Waals surface area (Å²) in [6.45, 7) is 0. The molecule has 0 atom stereocenters. The summed E-state index contributed by atoms with van der Waals surface area (Å²) in [6, 6.07) is 6.12. The summed E-state index contributed by atoms with van der Waals surface area (Å²) in [5, 5.41) is 39.2. The average Bonchev–Trinajstić information content (AvgIpc) is 2.47. The molecule has 0 spiro atoms. The number of rotatable bonds is 4. The van der Waals surface area contributed by atoms with Gasteiger partial charge in [0.15, 0.2) is 5.57 Å². The maximum atomic E-state index is 13.6. The minimum absolute atomic E-state index is 0.119. The second-order valence-electron chi connectivity index (χ2n) is 3.47. The fraction of sp³-hybridized carbons (Fsp3) is 0.0833. The van der Waals surface area contributed by atoms with E-state index in [1.807, 2.05) is 0 Å². The van der Waals surface area contributed by atoms with Gasteiger partial charge in [-0.05, 0) is 0 Å². The van der Waals surface area contributed by atoms with Crippen molar-refractivity contribution in [1.29, 1.82) is 15.8 Å². The fourth-order valence-corrected chi connectivity index (χ4v) is 1.37. The summed E-state index contributed by atoms with van der Waals surface area (Å²) in [7, 11) is 1.19. The normalized spacial score (nSPS) is 8.71. The molecule has 0 saturated carbocycles. The van der Waals surface area contributed by atoms with E-state index >= 15 is 0 Å². The zero-order valence-electron chi connectivity index (χ0n) is 10.5. The number of hydrogen-bond donors (Lipinski definition) is 1. The van der Waals surface area contributed by atoms with Crippen LogP contribution in [-0.2, 0) is 0 Å². The van der Waals surface area contributed by atoms with Gasteiger partial charge in [-0.2, -0.15) is 20.2 Å². The number of halogens is 1. The Morgan fingerprint density at radius 3 is 2.38 bits per heavy atom. The van der Waals surface area contributed by atoms with Crippen LogP contribution in [0.4, 0.5) is 15.8 Å². The smallest absolute Gasteiger partial charge is 0.308 e. The molecule has 0 aliphatic heterocycles. The van der Waals surface area contributed by atoms with E-state index in [2.05, 4.69) is 5.32 Å². The molecule has 1 N–H and O–H groups in total. The van der Waals surface area contributed by atoms with E-state index in [9.17, 15) is 14.5 Å². The average molecular weight is 287 g/mol. The van der Waals surface area contributed by atoms with E-state index in [-0.39, 0.29) is 11.4 Å². The Bertz CT molecular complexity index is 736. The van der Waals surface area contributed by atoms with Crippen LogP contribution in [-0.4, -0.2) is 12.0 Å². The molecule has 1 rings (SSSR count). The monoisotopic (exact) mass is 287 g/mol. The molecular formula is C12H6FN5O3. The van der Waals surface area contributed by atoms with Gasteiger partial charge in [0.1, 0.15) is 29.7 Å². The molecule has 0 radical (unpaired) electrons. The van der Waals surface area contributed by atoms with Gasteiger partial charge in [-0.15, -0.1) is 0 Å². The first-order valence-electron chi connectivity index (χ1n) is 5.22. The predicted octanol–water partition coefficient (Wildman–Crippen LogP) is 1.98. The number of methoxy groups -OCH3 is 1. The van der Waals surface area contributed by atoms with Gasteiger partial charge < -0.3 is 10.1 Å². The number of benzene rings is 1. The van der Waals surface area contributed by atoms with Gasteiger partial charge in [0.05, 0.1) is 23.8 Å². The first kappa shape index (κ1) is 15.4. The van der Waals surface area contributed by atoms with Crippen molar-refractivity contribution in [2.24, 2.45) is 0 Å². The van der Waals surface area contributed by atoms with Crippen LogP contribution in [0.5, 0.6) is 5.75 Å². The molecule has 0 bridgehead atoms. The van der Waals surface area contributed by atoms with Crippen molar-refractivity contribution in [2.75, 3.05) is 12.4 Å². The molecule has 0 heterocycles. The molecule has 0 saturated heterocycles. The second-order valence-corrected chi connectivity index (χ2v) is 3.47. The zero-order valence-corrected chi connectivity index (χ0v) is 10.5. The Hall–Kier alpha value is -3.64. The Morgan fingerprint density at radius 1 is 1.33 bits per heavy atom. The molecule has 104 valence electrons. The standard InChI is InChI=1S/C12H6FN5O3/c1-21-12-3-11(18(19)20)8(13)2-9(12)17-10(6-16)7(4-14)5-15/h2-3,17H,1H3. The number of anilines is 1. The maximum absolute atomic E-state index is 13.6. The molecule has 21 heavy (non-hydrogen) atoms. The highest BCUT2D eigenvalue weighted by Gasteiger charge is 2.20. The Kier molecular flexibility index (Phi) is 4.78. The van der Waals surface area contributed by atoms with Crippen molar-refractivity contribution < 1.29 is 14.1 Å². The predicted molar refractivity (Wildman–Crippen MR) is 67.1 cm³/mol. The van der Waals surface area contributed by atoms with Crippen LogP contribution < -0.4 is 10.1 Å². The molecule has 9 heteroatoms. The quantitative estimate of drug-likeness (QED) is 0.507. The molecule has 0 aliphatic rings. The van der Waals surface area contributed by atoms with Crippen LogP contribution >= 0.6 is 0 Å². The number of nitro benzene ring substituents is 1. The van der Waals surface area contributed by atoms with Crippen LogP contribution in [0.2, 0.25) is 0 Å². The van der Waals surface area contributed by atoms with E-state index in [1.54, 1.807) is 6.07 Å². The van der Waals surface area contributed by atoms with Crippen molar-refractivity contribution in [3.63, 3.8) is 0 Å². The largest absolute Gasteiger partial charge is 0.494 e. The lowest BCUT2D eigenvalue weighted by molar-refractivity contribution is -0.387. The zero-order chi connectivity index (χ0) is 16.0. The number of allylic oxidation sites excluding steroid dienone is 2. The molecule has 1 aromatic carbocycles. The summed E-state index contributed by atoms with van der Waals surface area (Å²) >= 11 is 0. The van der Waals surface area contributed by atoms with Crippen molar-refractivity contribution in [2.45, 2.75) is 0 Å². The lowest BCUT2D eigenvalue weighted by Crippen LogP contribution is -2.04. The van der Waals surface area contributed by atoms with Crippen molar-refractivity contribution in [1.82, 2.24) is 0 Å². The maximum Gasteiger partial charge on any atom is 0.308 e. The highest BCUT2D eigenvalue weighted by molar-refractivity contribution is 5.67. The van der Waals surface area contributed by atoms with Gasteiger partial charge in [0.2, 0.25) is 5.82 Å². The van der Waals surface area contributed by atoms with E-state index < -0.39 is 27.7 Å². The SMILES string of the molecule is COc1cc([N+](=O)[O-])c(F)cc1NC(C#N)=C(C#N)C#N. The van der Waals surface area contributed by atoms with Crippen molar-refractivity contribution in [3.8, 4) is 24.0 Å². The topological polar surface area (TPSA) is 136 Å². The first-order valence-corrected chi connectivity index (χ1v) is 5.22. The molecular weight excluding hydrogens is 281 g/mol. The van der Waals surface area contributed by atoms with Gasteiger partial charge in [0, 0.05) is 6.07 Å².